The first-order valence-corrected chi connectivity index (χ1v) is 7.10. The SMILES string of the molecule is OCc1cc(Br)ccc1OCc1cncn1C1CC1. The molecule has 1 aliphatic rings. The number of aliphatic hydroxyl groups excluding tert-OH is 1. The largest absolute Gasteiger partial charge is 0.487 e. The number of benzene rings is 1. The second kappa shape index (κ2) is 5.35. The molecule has 3 rings (SSSR count). The maximum atomic E-state index is 9.33. The average molecular weight is 323 g/mol. The van der Waals surface area contributed by atoms with Crippen LogP contribution < -0.4 is 4.74 Å². The van der Waals surface area contributed by atoms with Crippen LogP contribution in [0.2, 0.25) is 0 Å². The first kappa shape index (κ1) is 12.7. The molecule has 0 radical (unpaired) electrons. The quantitative estimate of drug-likeness (QED) is 0.920. The van der Waals surface area contributed by atoms with Gasteiger partial charge in [-0.3, -0.25) is 0 Å². The van der Waals surface area contributed by atoms with E-state index in [9.17, 15) is 5.11 Å². The van der Waals surface area contributed by atoms with Crippen molar-refractivity contribution in [2.24, 2.45) is 0 Å². The second-order valence-corrected chi connectivity index (χ2v) is 5.64. The highest BCUT2D eigenvalue weighted by Gasteiger charge is 2.25. The Morgan fingerprint density at radius 3 is 3.00 bits per heavy atom. The minimum absolute atomic E-state index is 0.0311. The maximum absolute atomic E-state index is 9.33. The summed E-state index contributed by atoms with van der Waals surface area (Å²) in [6.07, 6.45) is 6.16. The number of halogens is 1. The zero-order valence-corrected chi connectivity index (χ0v) is 12.0. The Morgan fingerprint density at radius 1 is 1.42 bits per heavy atom. The van der Waals surface area contributed by atoms with Gasteiger partial charge in [-0.05, 0) is 31.0 Å². The second-order valence-electron chi connectivity index (χ2n) is 4.72. The molecule has 1 saturated carbocycles. The van der Waals surface area contributed by atoms with E-state index < -0.39 is 0 Å². The van der Waals surface area contributed by atoms with Crippen LogP contribution >= 0.6 is 15.9 Å². The van der Waals surface area contributed by atoms with Gasteiger partial charge in [0.2, 0.25) is 0 Å². The van der Waals surface area contributed by atoms with Crippen LogP contribution in [0.1, 0.15) is 30.1 Å². The lowest BCUT2D eigenvalue weighted by molar-refractivity contribution is 0.255. The zero-order chi connectivity index (χ0) is 13.2. The topological polar surface area (TPSA) is 47.3 Å². The molecule has 0 aliphatic heterocycles. The number of nitrogens with zero attached hydrogens (tertiary/aromatic N) is 2. The van der Waals surface area contributed by atoms with Gasteiger partial charge in [0.25, 0.3) is 0 Å². The molecular formula is C14H15BrN2O2. The third kappa shape index (κ3) is 2.82. The van der Waals surface area contributed by atoms with Gasteiger partial charge in [0.1, 0.15) is 12.4 Å². The first-order chi connectivity index (χ1) is 9.28. The van der Waals surface area contributed by atoms with Gasteiger partial charge >= 0.3 is 0 Å². The lowest BCUT2D eigenvalue weighted by atomic mass is 10.2. The molecular weight excluding hydrogens is 308 g/mol. The molecule has 1 aliphatic carbocycles. The van der Waals surface area contributed by atoms with Crippen LogP contribution in [-0.2, 0) is 13.2 Å². The van der Waals surface area contributed by atoms with Crippen LogP contribution in [0.25, 0.3) is 0 Å². The van der Waals surface area contributed by atoms with Crippen LogP contribution in [0.15, 0.2) is 35.2 Å². The van der Waals surface area contributed by atoms with Crippen molar-refractivity contribution in [3.63, 3.8) is 0 Å². The average Bonchev–Trinajstić information content (AvgIpc) is 3.16. The van der Waals surface area contributed by atoms with Crippen LogP contribution in [0.4, 0.5) is 0 Å². The van der Waals surface area contributed by atoms with Crippen molar-refractivity contribution in [1.29, 1.82) is 0 Å². The standard InChI is InChI=1S/C14H15BrN2O2/c15-11-1-4-14(10(5-11)7-18)19-8-13-6-16-9-17(13)12-2-3-12/h1,4-6,9,12,18H,2-3,7-8H2. The monoisotopic (exact) mass is 322 g/mol. The molecule has 4 nitrogen and oxygen atoms in total. The molecule has 1 aromatic heterocycles. The van der Waals surface area contributed by atoms with E-state index in [1.165, 1.54) is 12.8 Å². The van der Waals surface area contributed by atoms with Crippen molar-refractivity contribution < 1.29 is 9.84 Å². The van der Waals surface area contributed by atoms with Crippen LogP contribution in [0, 0.1) is 0 Å². The molecule has 0 spiro atoms. The van der Waals surface area contributed by atoms with Crippen LogP contribution in [-0.4, -0.2) is 14.7 Å². The van der Waals surface area contributed by atoms with Crippen LogP contribution in [0.5, 0.6) is 5.75 Å². The number of hydrogen-bond donors (Lipinski definition) is 1. The summed E-state index contributed by atoms with van der Waals surface area (Å²) in [6, 6.07) is 6.25. The van der Waals surface area contributed by atoms with E-state index in [0.29, 0.717) is 18.4 Å². The van der Waals surface area contributed by atoms with Crippen molar-refractivity contribution in [2.45, 2.75) is 32.1 Å². The number of rotatable bonds is 5. The van der Waals surface area contributed by atoms with Gasteiger partial charge in [-0.1, -0.05) is 15.9 Å². The van der Waals surface area contributed by atoms with Gasteiger partial charge in [0, 0.05) is 16.1 Å². The lowest BCUT2D eigenvalue weighted by Gasteiger charge is -2.12. The Hall–Kier alpha value is -1.33. The molecule has 19 heavy (non-hydrogen) atoms. The van der Waals surface area contributed by atoms with Gasteiger partial charge in [-0.2, -0.15) is 0 Å². The number of imidazole rings is 1. The van der Waals surface area contributed by atoms with Gasteiger partial charge in [0.05, 0.1) is 24.8 Å². The fraction of sp³-hybridized carbons (Fsp3) is 0.357. The Morgan fingerprint density at radius 2 is 2.26 bits per heavy atom. The highest BCUT2D eigenvalue weighted by atomic mass is 79.9. The molecule has 1 fully saturated rings. The summed E-state index contributed by atoms with van der Waals surface area (Å²) in [7, 11) is 0. The molecule has 0 unspecified atom stereocenters. The third-order valence-electron chi connectivity index (χ3n) is 3.25. The van der Waals surface area contributed by atoms with E-state index in [-0.39, 0.29) is 6.61 Å². The molecule has 0 amide bonds. The molecule has 1 N–H and O–H groups in total. The normalized spacial score (nSPS) is 14.6. The van der Waals surface area contributed by atoms with Crippen molar-refractivity contribution in [3.8, 4) is 5.75 Å². The van der Waals surface area contributed by atoms with E-state index >= 15 is 0 Å². The molecule has 5 heteroatoms. The van der Waals surface area contributed by atoms with Crippen molar-refractivity contribution >= 4 is 15.9 Å². The number of aromatic nitrogens is 2. The Labute approximate surface area is 120 Å². The number of ether oxygens (including phenoxy) is 1. The summed E-state index contributed by atoms with van der Waals surface area (Å²) in [5.74, 6) is 0.717. The molecule has 0 bridgehead atoms. The summed E-state index contributed by atoms with van der Waals surface area (Å²) in [4.78, 5) is 4.18. The van der Waals surface area contributed by atoms with Gasteiger partial charge in [-0.25, -0.2) is 4.98 Å². The summed E-state index contributed by atoms with van der Waals surface area (Å²) < 4.78 is 8.92. The smallest absolute Gasteiger partial charge is 0.130 e. The van der Waals surface area contributed by atoms with Crippen LogP contribution in [0.3, 0.4) is 0 Å². The minimum Gasteiger partial charge on any atom is -0.487 e. The van der Waals surface area contributed by atoms with Gasteiger partial charge in [0.15, 0.2) is 0 Å². The maximum Gasteiger partial charge on any atom is 0.130 e. The molecule has 100 valence electrons. The Balaban J connectivity index is 1.73. The van der Waals surface area contributed by atoms with E-state index in [1.54, 1.807) is 0 Å². The van der Waals surface area contributed by atoms with E-state index in [4.69, 9.17) is 4.74 Å². The predicted molar refractivity (Wildman–Crippen MR) is 74.9 cm³/mol. The van der Waals surface area contributed by atoms with Crippen molar-refractivity contribution in [3.05, 3.63) is 46.5 Å². The van der Waals surface area contributed by atoms with Crippen molar-refractivity contribution in [1.82, 2.24) is 9.55 Å². The highest BCUT2D eigenvalue weighted by Crippen LogP contribution is 2.36. The summed E-state index contributed by atoms with van der Waals surface area (Å²) in [6.45, 7) is 0.446. The minimum atomic E-state index is -0.0311. The third-order valence-corrected chi connectivity index (χ3v) is 3.75. The molecule has 0 saturated heterocycles. The predicted octanol–water partition coefficient (Wildman–Crippen LogP) is 3.05. The van der Waals surface area contributed by atoms with Gasteiger partial charge in [-0.15, -0.1) is 0 Å². The first-order valence-electron chi connectivity index (χ1n) is 6.30. The van der Waals surface area contributed by atoms with E-state index in [0.717, 1.165) is 15.7 Å². The fourth-order valence-electron chi connectivity index (χ4n) is 2.09. The summed E-state index contributed by atoms with van der Waals surface area (Å²) in [5.41, 5.74) is 1.86. The molecule has 0 atom stereocenters. The van der Waals surface area contributed by atoms with Crippen molar-refractivity contribution in [2.75, 3.05) is 0 Å². The lowest BCUT2D eigenvalue weighted by Crippen LogP contribution is -2.05. The number of hydrogen-bond acceptors (Lipinski definition) is 3. The Kier molecular flexibility index (Phi) is 3.57. The summed E-state index contributed by atoms with van der Waals surface area (Å²) in [5, 5.41) is 9.33. The van der Waals surface area contributed by atoms with E-state index in [1.807, 2.05) is 30.7 Å². The molecule has 1 aromatic carbocycles. The zero-order valence-electron chi connectivity index (χ0n) is 10.4. The Bertz CT molecular complexity index is 579. The fourth-order valence-corrected chi connectivity index (χ4v) is 2.50. The van der Waals surface area contributed by atoms with Gasteiger partial charge < -0.3 is 14.4 Å². The molecule has 1 heterocycles. The highest BCUT2D eigenvalue weighted by molar-refractivity contribution is 9.10. The molecule has 2 aromatic rings. The van der Waals surface area contributed by atoms with E-state index in [2.05, 4.69) is 25.5 Å². The summed E-state index contributed by atoms with van der Waals surface area (Å²) >= 11 is 3.39. The number of aliphatic hydroxyl groups is 1.